The molecule has 1 aliphatic heterocycles. The van der Waals surface area contributed by atoms with E-state index in [0.717, 1.165) is 31.6 Å². The molecule has 2 heterocycles. The Hall–Kier alpha value is -1.58. The maximum atomic E-state index is 11.9. The van der Waals surface area contributed by atoms with E-state index >= 15 is 0 Å². The third-order valence-electron chi connectivity index (χ3n) is 3.02. The van der Waals surface area contributed by atoms with E-state index < -0.39 is 0 Å². The van der Waals surface area contributed by atoms with E-state index in [0.29, 0.717) is 0 Å². The summed E-state index contributed by atoms with van der Waals surface area (Å²) in [5.41, 5.74) is 0.729. The Balaban J connectivity index is 2.14. The molecule has 0 aliphatic carbocycles. The van der Waals surface area contributed by atoms with Crippen LogP contribution in [0.1, 0.15) is 18.5 Å². The lowest BCUT2D eigenvalue weighted by molar-refractivity contribution is -0.130. The molecule has 1 aliphatic rings. The van der Waals surface area contributed by atoms with Gasteiger partial charge in [-0.25, -0.2) is 0 Å². The van der Waals surface area contributed by atoms with Crippen LogP contribution in [0.5, 0.6) is 0 Å². The molecule has 1 aromatic heterocycles. The van der Waals surface area contributed by atoms with E-state index in [4.69, 9.17) is 0 Å². The quantitative estimate of drug-likeness (QED) is 0.739. The van der Waals surface area contributed by atoms with E-state index in [1.165, 1.54) is 10.6 Å². The van der Waals surface area contributed by atoms with Crippen molar-refractivity contribution >= 4 is 5.91 Å². The number of pyridine rings is 1. The van der Waals surface area contributed by atoms with Crippen LogP contribution in [0, 0.1) is 6.92 Å². The third kappa shape index (κ3) is 2.15. The van der Waals surface area contributed by atoms with Crippen LogP contribution in [0.2, 0.25) is 0 Å². The van der Waals surface area contributed by atoms with Gasteiger partial charge in [0.15, 0.2) is 0 Å². The van der Waals surface area contributed by atoms with Crippen molar-refractivity contribution in [1.29, 1.82) is 0 Å². The number of hydrogen-bond acceptors (Lipinski definition) is 2. The molecule has 0 saturated carbocycles. The Morgan fingerprint density at radius 3 is 2.62 bits per heavy atom. The molecule has 0 radical (unpaired) electrons. The first-order valence-corrected chi connectivity index (χ1v) is 5.63. The molecule has 16 heavy (non-hydrogen) atoms. The topological polar surface area (TPSA) is 42.3 Å². The Labute approximate surface area is 94.5 Å². The van der Waals surface area contributed by atoms with Crippen LogP contribution in [0.25, 0.3) is 0 Å². The Morgan fingerprint density at radius 2 is 2.00 bits per heavy atom. The summed E-state index contributed by atoms with van der Waals surface area (Å²) in [6, 6.07) is 5.05. The van der Waals surface area contributed by atoms with E-state index in [-0.39, 0.29) is 18.0 Å². The van der Waals surface area contributed by atoms with Crippen LogP contribution in [0.15, 0.2) is 23.0 Å². The highest BCUT2D eigenvalue weighted by Gasteiger charge is 2.18. The second-order valence-corrected chi connectivity index (χ2v) is 4.18. The van der Waals surface area contributed by atoms with Crippen LogP contribution >= 0.6 is 0 Å². The van der Waals surface area contributed by atoms with Crippen molar-refractivity contribution in [2.24, 2.45) is 0 Å². The van der Waals surface area contributed by atoms with Crippen LogP contribution in [0.3, 0.4) is 0 Å². The molecular weight excluding hydrogens is 204 g/mol. The van der Waals surface area contributed by atoms with Gasteiger partial charge in [-0.3, -0.25) is 9.59 Å². The predicted molar refractivity (Wildman–Crippen MR) is 61.3 cm³/mol. The largest absolute Gasteiger partial charge is 0.341 e. The maximum absolute atomic E-state index is 11.9. The van der Waals surface area contributed by atoms with Gasteiger partial charge < -0.3 is 9.47 Å². The molecule has 1 amide bonds. The zero-order valence-electron chi connectivity index (χ0n) is 9.48. The van der Waals surface area contributed by atoms with E-state index in [1.807, 2.05) is 17.9 Å². The monoisotopic (exact) mass is 220 g/mol. The summed E-state index contributed by atoms with van der Waals surface area (Å²) in [4.78, 5) is 25.3. The fraction of sp³-hybridized carbons (Fsp3) is 0.500. The summed E-state index contributed by atoms with van der Waals surface area (Å²) in [5, 5.41) is 0. The third-order valence-corrected chi connectivity index (χ3v) is 3.02. The fourth-order valence-corrected chi connectivity index (χ4v) is 2.03. The number of nitrogens with zero attached hydrogens (tertiary/aromatic N) is 2. The lowest BCUT2D eigenvalue weighted by Crippen LogP contribution is -2.35. The number of hydrogen-bond donors (Lipinski definition) is 0. The van der Waals surface area contributed by atoms with Gasteiger partial charge in [-0.05, 0) is 25.8 Å². The van der Waals surface area contributed by atoms with Gasteiger partial charge in [0.1, 0.15) is 6.54 Å². The van der Waals surface area contributed by atoms with Crippen molar-refractivity contribution in [3.8, 4) is 0 Å². The van der Waals surface area contributed by atoms with Gasteiger partial charge in [-0.1, -0.05) is 6.07 Å². The zero-order valence-corrected chi connectivity index (χ0v) is 9.48. The average Bonchev–Trinajstić information content (AvgIpc) is 2.76. The number of aryl methyl sites for hydroxylation is 1. The number of carbonyl (C=O) groups is 1. The van der Waals surface area contributed by atoms with E-state index in [9.17, 15) is 9.59 Å². The fourth-order valence-electron chi connectivity index (χ4n) is 2.03. The molecule has 0 unspecified atom stereocenters. The summed E-state index contributed by atoms with van der Waals surface area (Å²) in [6.45, 7) is 3.68. The minimum absolute atomic E-state index is 0.0499. The highest BCUT2D eigenvalue weighted by Crippen LogP contribution is 2.08. The molecule has 0 N–H and O–H groups in total. The number of carbonyl (C=O) groups excluding carboxylic acids is 1. The minimum Gasteiger partial charge on any atom is -0.341 e. The molecule has 86 valence electrons. The number of aromatic nitrogens is 1. The average molecular weight is 220 g/mol. The lowest BCUT2D eigenvalue weighted by Gasteiger charge is -2.17. The second kappa shape index (κ2) is 4.51. The van der Waals surface area contributed by atoms with Gasteiger partial charge in [0.05, 0.1) is 0 Å². The van der Waals surface area contributed by atoms with E-state index in [1.54, 1.807) is 6.07 Å². The van der Waals surface area contributed by atoms with Crippen molar-refractivity contribution in [3.63, 3.8) is 0 Å². The molecule has 1 saturated heterocycles. The van der Waals surface area contributed by atoms with Crippen LogP contribution in [-0.4, -0.2) is 28.5 Å². The first kappa shape index (κ1) is 10.9. The zero-order chi connectivity index (χ0) is 11.5. The van der Waals surface area contributed by atoms with Crippen molar-refractivity contribution in [2.45, 2.75) is 26.3 Å². The van der Waals surface area contributed by atoms with Crippen molar-refractivity contribution in [2.75, 3.05) is 13.1 Å². The number of rotatable bonds is 2. The molecule has 0 bridgehead atoms. The molecule has 0 aromatic carbocycles. The Bertz CT molecular complexity index is 445. The number of likely N-dealkylation sites (tertiary alicyclic amines) is 1. The molecular formula is C12H16N2O2. The summed E-state index contributed by atoms with van der Waals surface area (Å²) in [5.74, 6) is 0.0499. The van der Waals surface area contributed by atoms with Gasteiger partial charge >= 0.3 is 0 Å². The SMILES string of the molecule is Cc1cccc(=O)n1CC(=O)N1CCCC1. The molecule has 0 spiro atoms. The smallest absolute Gasteiger partial charge is 0.251 e. The first-order valence-electron chi connectivity index (χ1n) is 5.63. The second-order valence-electron chi connectivity index (χ2n) is 4.18. The highest BCUT2D eigenvalue weighted by molar-refractivity contribution is 5.76. The van der Waals surface area contributed by atoms with Gasteiger partial charge in [-0.15, -0.1) is 0 Å². The van der Waals surface area contributed by atoms with Crippen LogP contribution in [0.4, 0.5) is 0 Å². The predicted octanol–water partition coefficient (Wildman–Crippen LogP) is 0.779. The number of amides is 1. The van der Waals surface area contributed by atoms with Gasteiger partial charge in [-0.2, -0.15) is 0 Å². The van der Waals surface area contributed by atoms with Crippen LogP contribution < -0.4 is 5.56 Å². The minimum atomic E-state index is -0.104. The van der Waals surface area contributed by atoms with Crippen molar-refractivity contribution in [1.82, 2.24) is 9.47 Å². The van der Waals surface area contributed by atoms with Gasteiger partial charge in [0, 0.05) is 24.8 Å². The summed E-state index contributed by atoms with van der Waals surface area (Å²) < 4.78 is 1.53. The van der Waals surface area contributed by atoms with Crippen molar-refractivity contribution in [3.05, 3.63) is 34.2 Å². The molecule has 0 atom stereocenters. The molecule has 4 nitrogen and oxygen atoms in total. The summed E-state index contributed by atoms with van der Waals surface area (Å²) in [6.07, 6.45) is 2.16. The normalized spacial score (nSPS) is 15.4. The Kier molecular flexibility index (Phi) is 3.08. The van der Waals surface area contributed by atoms with Crippen LogP contribution in [-0.2, 0) is 11.3 Å². The molecule has 1 aromatic rings. The first-order chi connectivity index (χ1) is 7.68. The highest BCUT2D eigenvalue weighted by atomic mass is 16.2. The van der Waals surface area contributed by atoms with Gasteiger partial charge in [0.25, 0.3) is 5.56 Å². The van der Waals surface area contributed by atoms with E-state index in [2.05, 4.69) is 0 Å². The molecule has 4 heteroatoms. The molecule has 2 rings (SSSR count). The van der Waals surface area contributed by atoms with Gasteiger partial charge in [0.2, 0.25) is 5.91 Å². The lowest BCUT2D eigenvalue weighted by atomic mass is 10.3. The maximum Gasteiger partial charge on any atom is 0.251 e. The van der Waals surface area contributed by atoms with Crippen molar-refractivity contribution < 1.29 is 4.79 Å². The summed E-state index contributed by atoms with van der Waals surface area (Å²) >= 11 is 0. The molecule has 1 fully saturated rings. The standard InChI is InChI=1S/C12H16N2O2/c1-10-5-4-6-11(15)14(10)9-12(16)13-7-2-3-8-13/h4-6H,2-3,7-9H2,1H3. The summed E-state index contributed by atoms with van der Waals surface area (Å²) in [7, 11) is 0. The Morgan fingerprint density at radius 1 is 1.31 bits per heavy atom.